The van der Waals surface area contributed by atoms with Crippen molar-refractivity contribution in [2.75, 3.05) is 62.7 Å². The molecule has 0 spiro atoms. The van der Waals surface area contributed by atoms with Crippen molar-refractivity contribution in [3.63, 3.8) is 0 Å². The minimum absolute atomic E-state index is 0.138. The largest absolute Gasteiger partial charge is 0.497 e. The fraction of sp³-hybridized carbons (Fsp3) is 0.586. The van der Waals surface area contributed by atoms with Gasteiger partial charge in [-0.05, 0) is 81.5 Å². The minimum Gasteiger partial charge on any atom is -0.497 e. The molecule has 5 rings (SSSR count). The molecule has 3 aliphatic heterocycles. The lowest BCUT2D eigenvalue weighted by Crippen LogP contribution is -2.47. The zero-order chi connectivity index (χ0) is 24.7. The molecule has 0 saturated carbocycles. The molecule has 1 atom stereocenters. The predicted octanol–water partition coefficient (Wildman–Crippen LogP) is 4.10. The molecule has 2 aromatic carbocycles. The van der Waals surface area contributed by atoms with Gasteiger partial charge in [0.1, 0.15) is 17.1 Å². The second-order valence-electron chi connectivity index (χ2n) is 10.9. The van der Waals surface area contributed by atoms with Gasteiger partial charge in [0, 0.05) is 69.2 Å². The standard InChI is InChI=1S/C29H41N3O3/c1-20-21(2)28-26(18-29(4,35-28)19-30-12-10-24(33)11-13-30)22(3)27(20)32-16-14-31(15-17-32)23-6-8-25(34-5)9-7-23/h6-9,24,33H,10-19H2,1-5H3. The molecule has 0 aromatic heterocycles. The number of anilines is 2. The van der Waals surface area contributed by atoms with Crippen molar-refractivity contribution >= 4 is 11.4 Å². The maximum absolute atomic E-state index is 9.88. The van der Waals surface area contributed by atoms with Crippen LogP contribution in [0.25, 0.3) is 0 Å². The summed E-state index contributed by atoms with van der Waals surface area (Å²) < 4.78 is 12.0. The number of nitrogens with zero attached hydrogens (tertiary/aromatic N) is 3. The van der Waals surface area contributed by atoms with Crippen LogP contribution in [0.1, 0.15) is 42.0 Å². The van der Waals surface area contributed by atoms with Crippen molar-refractivity contribution < 1.29 is 14.6 Å². The van der Waals surface area contributed by atoms with Crippen molar-refractivity contribution in [2.24, 2.45) is 0 Å². The number of aliphatic hydroxyl groups is 1. The predicted molar refractivity (Wildman–Crippen MR) is 142 cm³/mol. The number of likely N-dealkylation sites (tertiary alicyclic amines) is 1. The topological polar surface area (TPSA) is 48.4 Å². The van der Waals surface area contributed by atoms with E-state index in [1.807, 2.05) is 12.1 Å². The quantitative estimate of drug-likeness (QED) is 0.697. The van der Waals surface area contributed by atoms with E-state index < -0.39 is 0 Å². The number of hydrogen-bond acceptors (Lipinski definition) is 6. The highest BCUT2D eigenvalue weighted by atomic mass is 16.5. The second kappa shape index (κ2) is 9.55. The number of fused-ring (bicyclic) bond motifs is 1. The average Bonchev–Trinajstić information content (AvgIpc) is 3.22. The molecule has 3 aliphatic rings. The van der Waals surface area contributed by atoms with E-state index in [-0.39, 0.29) is 11.7 Å². The third kappa shape index (κ3) is 4.70. The van der Waals surface area contributed by atoms with Crippen LogP contribution in [0.4, 0.5) is 11.4 Å². The highest BCUT2D eigenvalue weighted by Gasteiger charge is 2.40. The molecule has 2 fully saturated rings. The maximum Gasteiger partial charge on any atom is 0.127 e. The van der Waals surface area contributed by atoms with Gasteiger partial charge in [-0.2, -0.15) is 0 Å². The van der Waals surface area contributed by atoms with Gasteiger partial charge in [-0.3, -0.25) is 4.90 Å². The fourth-order valence-electron chi connectivity index (χ4n) is 6.27. The monoisotopic (exact) mass is 479 g/mol. The zero-order valence-electron chi connectivity index (χ0n) is 22.1. The first-order valence-corrected chi connectivity index (χ1v) is 13.1. The highest BCUT2D eigenvalue weighted by Crippen LogP contribution is 2.46. The first-order valence-electron chi connectivity index (χ1n) is 13.1. The summed E-state index contributed by atoms with van der Waals surface area (Å²) in [6.07, 6.45) is 2.55. The van der Waals surface area contributed by atoms with E-state index in [0.717, 1.165) is 76.6 Å². The smallest absolute Gasteiger partial charge is 0.127 e. The molecule has 6 heteroatoms. The Hall–Kier alpha value is -2.44. The summed E-state index contributed by atoms with van der Waals surface area (Å²) in [4.78, 5) is 7.52. The molecule has 2 saturated heterocycles. The fourth-order valence-corrected chi connectivity index (χ4v) is 6.27. The second-order valence-corrected chi connectivity index (χ2v) is 10.9. The van der Waals surface area contributed by atoms with Crippen LogP contribution in [0.3, 0.4) is 0 Å². The summed E-state index contributed by atoms with van der Waals surface area (Å²) in [5.74, 6) is 2.01. The van der Waals surface area contributed by atoms with Gasteiger partial charge in [0.15, 0.2) is 0 Å². The summed E-state index contributed by atoms with van der Waals surface area (Å²) in [6.45, 7) is 15.9. The van der Waals surface area contributed by atoms with Crippen LogP contribution in [0.5, 0.6) is 11.5 Å². The Morgan fingerprint density at radius 3 is 2.17 bits per heavy atom. The number of rotatable bonds is 5. The number of aliphatic hydroxyl groups excluding tert-OH is 1. The van der Waals surface area contributed by atoms with Crippen LogP contribution >= 0.6 is 0 Å². The van der Waals surface area contributed by atoms with E-state index in [1.165, 1.54) is 33.6 Å². The third-order valence-corrected chi connectivity index (χ3v) is 8.39. The molecule has 0 aliphatic carbocycles. The Morgan fingerprint density at radius 2 is 1.54 bits per heavy atom. The molecular formula is C29H41N3O3. The third-order valence-electron chi connectivity index (χ3n) is 8.39. The molecule has 1 unspecified atom stereocenters. The summed E-state index contributed by atoms with van der Waals surface area (Å²) in [6, 6.07) is 8.41. The van der Waals surface area contributed by atoms with Gasteiger partial charge in [-0.15, -0.1) is 0 Å². The number of piperidine rings is 1. The Kier molecular flexibility index (Phi) is 6.62. The highest BCUT2D eigenvalue weighted by molar-refractivity contribution is 5.70. The molecule has 1 N–H and O–H groups in total. The van der Waals surface area contributed by atoms with Crippen molar-refractivity contribution in [3.05, 3.63) is 46.5 Å². The van der Waals surface area contributed by atoms with Gasteiger partial charge >= 0.3 is 0 Å². The summed E-state index contributed by atoms with van der Waals surface area (Å²) in [5.41, 5.74) is 7.88. The Morgan fingerprint density at radius 1 is 0.914 bits per heavy atom. The van der Waals surface area contributed by atoms with E-state index in [0.29, 0.717) is 0 Å². The summed E-state index contributed by atoms with van der Waals surface area (Å²) in [7, 11) is 1.71. The van der Waals surface area contributed by atoms with Crippen molar-refractivity contribution in [1.82, 2.24) is 4.90 Å². The molecule has 190 valence electrons. The molecular weight excluding hydrogens is 438 g/mol. The normalized spacial score (nSPS) is 23.4. The molecule has 6 nitrogen and oxygen atoms in total. The molecule has 2 aromatic rings. The van der Waals surface area contributed by atoms with Crippen LogP contribution in [0, 0.1) is 20.8 Å². The first kappa shape index (κ1) is 24.3. The van der Waals surface area contributed by atoms with Gasteiger partial charge in [0.2, 0.25) is 0 Å². The van der Waals surface area contributed by atoms with Crippen molar-refractivity contribution in [1.29, 1.82) is 0 Å². The number of hydrogen-bond donors (Lipinski definition) is 1. The van der Waals surface area contributed by atoms with Gasteiger partial charge in [-0.25, -0.2) is 0 Å². The average molecular weight is 480 g/mol. The minimum atomic E-state index is -0.210. The number of methoxy groups -OCH3 is 1. The van der Waals surface area contributed by atoms with Crippen LogP contribution in [0.2, 0.25) is 0 Å². The van der Waals surface area contributed by atoms with Crippen molar-refractivity contribution in [2.45, 2.75) is 58.7 Å². The number of benzene rings is 2. The molecule has 0 radical (unpaired) electrons. The lowest BCUT2D eigenvalue weighted by Gasteiger charge is -2.39. The van der Waals surface area contributed by atoms with Gasteiger partial charge in [0.05, 0.1) is 13.2 Å². The lowest BCUT2D eigenvalue weighted by molar-refractivity contribution is 0.0259. The zero-order valence-corrected chi connectivity index (χ0v) is 22.1. The van der Waals surface area contributed by atoms with Gasteiger partial charge in [0.25, 0.3) is 0 Å². The van der Waals surface area contributed by atoms with Crippen LogP contribution < -0.4 is 19.3 Å². The van der Waals surface area contributed by atoms with Gasteiger partial charge < -0.3 is 24.4 Å². The number of ether oxygens (including phenoxy) is 2. The maximum atomic E-state index is 9.88. The summed E-state index contributed by atoms with van der Waals surface area (Å²) >= 11 is 0. The Balaban J connectivity index is 1.31. The van der Waals surface area contributed by atoms with E-state index in [1.54, 1.807) is 7.11 Å². The van der Waals surface area contributed by atoms with Crippen molar-refractivity contribution in [3.8, 4) is 11.5 Å². The van der Waals surface area contributed by atoms with Crippen LogP contribution in [0.15, 0.2) is 24.3 Å². The van der Waals surface area contributed by atoms with E-state index in [4.69, 9.17) is 9.47 Å². The Labute approximate surface area is 210 Å². The molecule has 3 heterocycles. The summed E-state index contributed by atoms with van der Waals surface area (Å²) in [5, 5.41) is 9.88. The van der Waals surface area contributed by atoms with Crippen LogP contribution in [-0.2, 0) is 6.42 Å². The first-order chi connectivity index (χ1) is 16.8. The molecule has 0 bridgehead atoms. The molecule has 0 amide bonds. The van der Waals surface area contributed by atoms with Crippen LogP contribution in [-0.4, -0.2) is 74.6 Å². The van der Waals surface area contributed by atoms with Gasteiger partial charge in [-0.1, -0.05) is 0 Å². The SMILES string of the molecule is COc1ccc(N2CCN(c3c(C)c(C)c4c(c3C)CC(C)(CN3CCC(O)CC3)O4)CC2)cc1. The Bertz CT molecular complexity index is 1050. The van der Waals surface area contributed by atoms with E-state index in [2.05, 4.69) is 54.5 Å². The molecule has 35 heavy (non-hydrogen) atoms. The van der Waals surface area contributed by atoms with E-state index in [9.17, 15) is 5.11 Å². The van der Waals surface area contributed by atoms with E-state index >= 15 is 0 Å². The number of piperazine rings is 1. The lowest BCUT2D eigenvalue weighted by atomic mass is 9.90.